The monoisotopic (exact) mass is 398 g/mol. The topological polar surface area (TPSA) is 67.2 Å². The van der Waals surface area contributed by atoms with E-state index in [0.29, 0.717) is 11.4 Å². The number of carbonyl (C=O) groups is 2. The number of hydrogen-bond acceptors (Lipinski definition) is 4. The van der Waals surface area contributed by atoms with Crippen molar-refractivity contribution in [3.8, 4) is 5.69 Å². The first-order chi connectivity index (χ1) is 13.2. The highest BCUT2D eigenvalue weighted by molar-refractivity contribution is 7.20. The molecule has 0 saturated heterocycles. The maximum atomic E-state index is 13.0. The van der Waals surface area contributed by atoms with Crippen LogP contribution in [0.25, 0.3) is 15.9 Å². The van der Waals surface area contributed by atoms with E-state index < -0.39 is 0 Å². The lowest BCUT2D eigenvalue weighted by Crippen LogP contribution is -2.47. The lowest BCUT2D eigenvalue weighted by Gasteiger charge is -2.24. The molecule has 148 valence electrons. The predicted molar refractivity (Wildman–Crippen MR) is 113 cm³/mol. The molecule has 3 rings (SSSR count). The Balaban J connectivity index is 1.88. The number of para-hydroxylation sites is 1. The number of thiophene rings is 1. The molecule has 0 atom stereocenters. The van der Waals surface area contributed by atoms with E-state index in [2.05, 4.69) is 10.4 Å². The molecule has 0 fully saturated rings. The fourth-order valence-electron chi connectivity index (χ4n) is 3.01. The van der Waals surface area contributed by atoms with Crippen LogP contribution >= 0.6 is 11.3 Å². The summed E-state index contributed by atoms with van der Waals surface area (Å²) in [6.45, 7) is 10.1. The highest BCUT2D eigenvalue weighted by atomic mass is 32.1. The van der Waals surface area contributed by atoms with Gasteiger partial charge in [0, 0.05) is 17.5 Å². The van der Waals surface area contributed by atoms with Crippen molar-refractivity contribution in [1.82, 2.24) is 20.0 Å². The lowest BCUT2D eigenvalue weighted by atomic mass is 10.1. The third-order valence-corrected chi connectivity index (χ3v) is 5.37. The van der Waals surface area contributed by atoms with Crippen molar-refractivity contribution in [1.29, 1.82) is 0 Å². The Kier molecular flexibility index (Phi) is 5.56. The standard InChI is InChI=1S/C21H26N4O2S/c1-6-24(13-18(26)22-21(3,4)5)19(27)17-12-16-14(2)23-25(20(16)28-17)15-10-8-7-9-11-15/h7-12H,6,13H2,1-5H3,(H,22,26). The summed E-state index contributed by atoms with van der Waals surface area (Å²) in [5.41, 5.74) is 1.51. The van der Waals surface area contributed by atoms with Gasteiger partial charge in [-0.3, -0.25) is 9.59 Å². The molecular formula is C21H26N4O2S. The fraction of sp³-hybridized carbons (Fsp3) is 0.381. The number of hydrogen-bond donors (Lipinski definition) is 1. The number of fused-ring (bicyclic) bond motifs is 1. The number of nitrogens with one attached hydrogen (secondary N) is 1. The van der Waals surface area contributed by atoms with Gasteiger partial charge in [0.15, 0.2) is 0 Å². The second kappa shape index (κ2) is 7.75. The van der Waals surface area contributed by atoms with Crippen molar-refractivity contribution in [2.24, 2.45) is 0 Å². The Hall–Kier alpha value is -2.67. The largest absolute Gasteiger partial charge is 0.350 e. The van der Waals surface area contributed by atoms with Crippen molar-refractivity contribution in [2.45, 2.75) is 40.2 Å². The van der Waals surface area contributed by atoms with Crippen LogP contribution in [0.1, 0.15) is 43.1 Å². The molecule has 0 aliphatic heterocycles. The van der Waals surface area contributed by atoms with E-state index in [-0.39, 0.29) is 23.9 Å². The molecule has 3 aromatic rings. The van der Waals surface area contributed by atoms with Gasteiger partial charge in [0.05, 0.1) is 22.8 Å². The highest BCUT2D eigenvalue weighted by Gasteiger charge is 2.23. The molecule has 0 aliphatic rings. The normalized spacial score (nSPS) is 11.6. The molecule has 1 N–H and O–H groups in total. The molecule has 2 amide bonds. The second-order valence-electron chi connectivity index (χ2n) is 7.78. The van der Waals surface area contributed by atoms with E-state index in [1.54, 1.807) is 4.90 Å². The summed E-state index contributed by atoms with van der Waals surface area (Å²) in [5, 5.41) is 8.49. The van der Waals surface area contributed by atoms with E-state index >= 15 is 0 Å². The summed E-state index contributed by atoms with van der Waals surface area (Å²) in [4.78, 5) is 28.4. The smallest absolute Gasteiger partial charge is 0.264 e. The summed E-state index contributed by atoms with van der Waals surface area (Å²) < 4.78 is 1.87. The molecule has 0 bridgehead atoms. The minimum Gasteiger partial charge on any atom is -0.350 e. The van der Waals surface area contributed by atoms with Gasteiger partial charge < -0.3 is 10.2 Å². The first kappa shape index (κ1) is 20.1. The van der Waals surface area contributed by atoms with Gasteiger partial charge in [0.1, 0.15) is 4.83 Å². The summed E-state index contributed by atoms with van der Waals surface area (Å²) in [6, 6.07) is 11.7. The van der Waals surface area contributed by atoms with E-state index in [1.807, 2.05) is 75.7 Å². The number of benzene rings is 1. The van der Waals surface area contributed by atoms with Gasteiger partial charge in [-0.25, -0.2) is 4.68 Å². The summed E-state index contributed by atoms with van der Waals surface area (Å²) in [6.07, 6.45) is 0. The third kappa shape index (κ3) is 4.25. The molecule has 0 unspecified atom stereocenters. The minimum absolute atomic E-state index is 0.0463. The predicted octanol–water partition coefficient (Wildman–Crippen LogP) is 3.77. The van der Waals surface area contributed by atoms with Crippen LogP contribution in [0.2, 0.25) is 0 Å². The van der Waals surface area contributed by atoms with Crippen LogP contribution in [0, 0.1) is 6.92 Å². The van der Waals surface area contributed by atoms with Crippen molar-refractivity contribution in [3.63, 3.8) is 0 Å². The fourth-order valence-corrected chi connectivity index (χ4v) is 4.16. The molecule has 2 heterocycles. The third-order valence-electron chi connectivity index (χ3n) is 4.27. The van der Waals surface area contributed by atoms with E-state index in [9.17, 15) is 9.59 Å². The number of nitrogens with zero attached hydrogens (tertiary/aromatic N) is 3. The first-order valence-corrected chi connectivity index (χ1v) is 10.2. The molecule has 28 heavy (non-hydrogen) atoms. The Morgan fingerprint density at radius 3 is 2.50 bits per heavy atom. The van der Waals surface area contributed by atoms with Crippen molar-refractivity contribution in [2.75, 3.05) is 13.1 Å². The molecule has 2 aromatic heterocycles. The number of carbonyl (C=O) groups excluding carboxylic acids is 2. The Labute approximate surface area is 169 Å². The molecule has 7 heteroatoms. The van der Waals surface area contributed by atoms with E-state index in [0.717, 1.165) is 21.6 Å². The zero-order valence-electron chi connectivity index (χ0n) is 16.9. The summed E-state index contributed by atoms with van der Waals surface area (Å²) >= 11 is 1.41. The maximum Gasteiger partial charge on any atom is 0.264 e. The number of rotatable bonds is 5. The molecule has 6 nitrogen and oxygen atoms in total. The second-order valence-corrected chi connectivity index (χ2v) is 8.81. The van der Waals surface area contributed by atoms with Crippen LogP contribution in [0.4, 0.5) is 0 Å². The van der Waals surface area contributed by atoms with Crippen LogP contribution in [-0.4, -0.2) is 45.1 Å². The van der Waals surface area contributed by atoms with Crippen LogP contribution in [0.3, 0.4) is 0 Å². The quantitative estimate of drug-likeness (QED) is 0.711. The van der Waals surface area contributed by atoms with Crippen molar-refractivity contribution >= 4 is 33.4 Å². The van der Waals surface area contributed by atoms with Gasteiger partial charge in [0.2, 0.25) is 5.91 Å². The van der Waals surface area contributed by atoms with Gasteiger partial charge in [-0.05, 0) is 52.8 Å². The van der Waals surface area contributed by atoms with Crippen molar-refractivity contribution in [3.05, 3.63) is 47.0 Å². The van der Waals surface area contributed by atoms with Gasteiger partial charge in [-0.1, -0.05) is 18.2 Å². The SMILES string of the molecule is CCN(CC(=O)NC(C)(C)C)C(=O)c1cc2c(C)nn(-c3ccccc3)c2s1. The molecule has 0 aliphatic carbocycles. The zero-order chi connectivity index (χ0) is 20.5. The number of amides is 2. The minimum atomic E-state index is -0.326. The van der Waals surface area contributed by atoms with Crippen LogP contribution in [-0.2, 0) is 4.79 Å². The van der Waals surface area contributed by atoms with E-state index in [4.69, 9.17) is 0 Å². The Bertz CT molecular complexity index is 999. The average molecular weight is 399 g/mol. The molecule has 0 saturated carbocycles. The highest BCUT2D eigenvalue weighted by Crippen LogP contribution is 2.31. The Morgan fingerprint density at radius 2 is 1.89 bits per heavy atom. The Morgan fingerprint density at radius 1 is 1.21 bits per heavy atom. The van der Waals surface area contributed by atoms with Gasteiger partial charge >= 0.3 is 0 Å². The van der Waals surface area contributed by atoms with Crippen molar-refractivity contribution < 1.29 is 9.59 Å². The zero-order valence-corrected chi connectivity index (χ0v) is 17.8. The molecule has 0 radical (unpaired) electrons. The van der Waals surface area contributed by atoms with Gasteiger partial charge in [-0.15, -0.1) is 11.3 Å². The maximum absolute atomic E-state index is 13.0. The van der Waals surface area contributed by atoms with E-state index in [1.165, 1.54) is 11.3 Å². The van der Waals surface area contributed by atoms with Crippen LogP contribution in [0.15, 0.2) is 36.4 Å². The molecular weight excluding hydrogens is 372 g/mol. The van der Waals surface area contributed by atoms with Crippen LogP contribution < -0.4 is 5.32 Å². The summed E-state index contributed by atoms with van der Waals surface area (Å²) in [7, 11) is 0. The molecule has 1 aromatic carbocycles. The lowest BCUT2D eigenvalue weighted by molar-refractivity contribution is -0.123. The number of aryl methyl sites for hydroxylation is 1. The number of likely N-dealkylation sites (N-methyl/N-ethyl adjacent to an activating group) is 1. The van der Waals surface area contributed by atoms with Gasteiger partial charge in [0.25, 0.3) is 5.91 Å². The number of aromatic nitrogens is 2. The van der Waals surface area contributed by atoms with Crippen LogP contribution in [0.5, 0.6) is 0 Å². The average Bonchev–Trinajstić information content (AvgIpc) is 3.19. The summed E-state index contributed by atoms with van der Waals surface area (Å²) in [5.74, 6) is -0.290. The molecule has 0 spiro atoms. The van der Waals surface area contributed by atoms with Gasteiger partial charge in [-0.2, -0.15) is 5.10 Å². The first-order valence-electron chi connectivity index (χ1n) is 9.34.